The number of thiazole rings is 1. The van der Waals surface area contributed by atoms with Crippen LogP contribution < -0.4 is 5.32 Å². The molecular weight excluding hydrogens is 296 g/mol. The summed E-state index contributed by atoms with van der Waals surface area (Å²) in [6, 6.07) is 6.89. The molecular formula is C13H15BrN2S. The summed E-state index contributed by atoms with van der Waals surface area (Å²) in [6.45, 7) is 0. The predicted molar refractivity (Wildman–Crippen MR) is 77.8 cm³/mol. The molecule has 17 heavy (non-hydrogen) atoms. The summed E-state index contributed by atoms with van der Waals surface area (Å²) >= 11 is 5.25. The minimum Gasteiger partial charge on any atom is -0.359 e. The SMILES string of the molecule is Brc1ccc2nc(NC3CCCCC3)sc2c1. The van der Waals surface area contributed by atoms with Crippen molar-refractivity contribution >= 4 is 42.6 Å². The lowest BCUT2D eigenvalue weighted by atomic mass is 9.96. The molecule has 0 radical (unpaired) electrons. The molecule has 1 N–H and O–H groups in total. The van der Waals surface area contributed by atoms with Gasteiger partial charge in [-0.05, 0) is 31.0 Å². The van der Waals surface area contributed by atoms with E-state index in [0.29, 0.717) is 6.04 Å². The van der Waals surface area contributed by atoms with Crippen molar-refractivity contribution in [1.82, 2.24) is 4.98 Å². The van der Waals surface area contributed by atoms with Gasteiger partial charge < -0.3 is 5.32 Å². The zero-order chi connectivity index (χ0) is 11.7. The molecule has 90 valence electrons. The molecule has 0 aliphatic heterocycles. The first-order valence-corrected chi connectivity index (χ1v) is 7.75. The highest BCUT2D eigenvalue weighted by Crippen LogP contribution is 2.30. The Morgan fingerprint density at radius 1 is 1.24 bits per heavy atom. The van der Waals surface area contributed by atoms with Crippen molar-refractivity contribution in [2.45, 2.75) is 38.1 Å². The number of rotatable bonds is 2. The molecule has 0 saturated heterocycles. The van der Waals surface area contributed by atoms with E-state index in [0.717, 1.165) is 15.1 Å². The second-order valence-electron chi connectivity index (χ2n) is 4.61. The number of nitrogens with zero attached hydrogens (tertiary/aromatic N) is 1. The van der Waals surface area contributed by atoms with E-state index in [1.807, 2.05) is 6.07 Å². The topological polar surface area (TPSA) is 24.9 Å². The summed E-state index contributed by atoms with van der Waals surface area (Å²) < 4.78 is 2.37. The zero-order valence-corrected chi connectivity index (χ0v) is 12.0. The molecule has 2 aromatic rings. The van der Waals surface area contributed by atoms with E-state index in [-0.39, 0.29) is 0 Å². The Labute approximate surface area is 114 Å². The van der Waals surface area contributed by atoms with Crippen LogP contribution in [0.25, 0.3) is 10.2 Å². The van der Waals surface area contributed by atoms with E-state index in [1.54, 1.807) is 11.3 Å². The highest BCUT2D eigenvalue weighted by Gasteiger charge is 2.14. The van der Waals surface area contributed by atoms with Crippen molar-refractivity contribution in [2.24, 2.45) is 0 Å². The van der Waals surface area contributed by atoms with E-state index < -0.39 is 0 Å². The third-order valence-electron chi connectivity index (χ3n) is 3.28. The Morgan fingerprint density at radius 2 is 2.06 bits per heavy atom. The van der Waals surface area contributed by atoms with E-state index in [4.69, 9.17) is 0 Å². The first-order chi connectivity index (χ1) is 8.31. The quantitative estimate of drug-likeness (QED) is 0.861. The molecule has 0 bridgehead atoms. The first-order valence-electron chi connectivity index (χ1n) is 6.14. The number of halogens is 1. The molecule has 0 unspecified atom stereocenters. The summed E-state index contributed by atoms with van der Waals surface area (Å²) in [5.41, 5.74) is 1.09. The summed E-state index contributed by atoms with van der Waals surface area (Å²) in [6.07, 6.45) is 6.69. The Morgan fingerprint density at radius 3 is 2.88 bits per heavy atom. The lowest BCUT2D eigenvalue weighted by molar-refractivity contribution is 0.462. The van der Waals surface area contributed by atoms with Gasteiger partial charge in [0.1, 0.15) is 0 Å². The van der Waals surface area contributed by atoms with Gasteiger partial charge in [-0.15, -0.1) is 0 Å². The predicted octanol–water partition coefficient (Wildman–Crippen LogP) is 4.80. The van der Waals surface area contributed by atoms with E-state index in [2.05, 4.69) is 38.4 Å². The molecule has 3 rings (SSSR count). The van der Waals surface area contributed by atoms with Crippen LogP contribution in [0.4, 0.5) is 5.13 Å². The summed E-state index contributed by atoms with van der Waals surface area (Å²) in [7, 11) is 0. The molecule has 0 amide bonds. The number of benzene rings is 1. The lowest BCUT2D eigenvalue weighted by Crippen LogP contribution is -2.21. The third-order valence-corrected chi connectivity index (χ3v) is 4.73. The average molecular weight is 311 g/mol. The van der Waals surface area contributed by atoms with Gasteiger partial charge in [0.25, 0.3) is 0 Å². The highest BCUT2D eigenvalue weighted by atomic mass is 79.9. The van der Waals surface area contributed by atoms with Gasteiger partial charge in [0.05, 0.1) is 10.2 Å². The zero-order valence-electron chi connectivity index (χ0n) is 9.58. The average Bonchev–Trinajstić information content (AvgIpc) is 2.71. The molecule has 0 atom stereocenters. The third kappa shape index (κ3) is 2.63. The highest BCUT2D eigenvalue weighted by molar-refractivity contribution is 9.10. The minimum absolute atomic E-state index is 0.632. The van der Waals surface area contributed by atoms with Crippen LogP contribution in [-0.4, -0.2) is 11.0 Å². The largest absolute Gasteiger partial charge is 0.359 e. The molecule has 0 spiro atoms. The molecule has 1 aromatic heterocycles. The van der Waals surface area contributed by atoms with Gasteiger partial charge in [0.15, 0.2) is 5.13 Å². The molecule has 1 heterocycles. The van der Waals surface area contributed by atoms with Crippen LogP contribution in [0.15, 0.2) is 22.7 Å². The number of fused-ring (bicyclic) bond motifs is 1. The molecule has 4 heteroatoms. The maximum atomic E-state index is 4.63. The standard InChI is InChI=1S/C13H15BrN2S/c14-9-6-7-11-12(8-9)17-13(16-11)15-10-4-2-1-3-5-10/h6-8,10H,1-5H2,(H,15,16). The van der Waals surface area contributed by atoms with Crippen LogP contribution in [-0.2, 0) is 0 Å². The van der Waals surface area contributed by atoms with Crippen molar-refractivity contribution in [3.63, 3.8) is 0 Å². The van der Waals surface area contributed by atoms with Gasteiger partial charge in [0, 0.05) is 10.5 Å². The van der Waals surface area contributed by atoms with Crippen LogP contribution in [0.2, 0.25) is 0 Å². The summed E-state index contributed by atoms with van der Waals surface area (Å²) in [4.78, 5) is 4.63. The van der Waals surface area contributed by atoms with Crippen molar-refractivity contribution < 1.29 is 0 Å². The van der Waals surface area contributed by atoms with Crippen LogP contribution in [0.5, 0.6) is 0 Å². The van der Waals surface area contributed by atoms with Crippen LogP contribution in [0.3, 0.4) is 0 Å². The van der Waals surface area contributed by atoms with Crippen molar-refractivity contribution in [3.05, 3.63) is 22.7 Å². The molecule has 1 saturated carbocycles. The summed E-state index contributed by atoms with van der Waals surface area (Å²) in [5.74, 6) is 0. The smallest absolute Gasteiger partial charge is 0.184 e. The Balaban J connectivity index is 1.80. The van der Waals surface area contributed by atoms with Crippen molar-refractivity contribution in [1.29, 1.82) is 0 Å². The maximum Gasteiger partial charge on any atom is 0.184 e. The maximum absolute atomic E-state index is 4.63. The fraction of sp³-hybridized carbons (Fsp3) is 0.462. The number of hydrogen-bond acceptors (Lipinski definition) is 3. The Bertz CT molecular complexity index is 517. The van der Waals surface area contributed by atoms with Crippen molar-refractivity contribution in [3.8, 4) is 0 Å². The molecule has 2 nitrogen and oxygen atoms in total. The van der Waals surface area contributed by atoms with Gasteiger partial charge in [-0.1, -0.05) is 46.5 Å². The van der Waals surface area contributed by atoms with Gasteiger partial charge in [0.2, 0.25) is 0 Å². The van der Waals surface area contributed by atoms with Crippen LogP contribution >= 0.6 is 27.3 Å². The second-order valence-corrected chi connectivity index (χ2v) is 6.56. The molecule has 1 aromatic carbocycles. The van der Waals surface area contributed by atoms with Gasteiger partial charge in [-0.2, -0.15) is 0 Å². The lowest BCUT2D eigenvalue weighted by Gasteiger charge is -2.22. The van der Waals surface area contributed by atoms with Gasteiger partial charge in [-0.25, -0.2) is 4.98 Å². The van der Waals surface area contributed by atoms with E-state index in [9.17, 15) is 0 Å². The Kier molecular flexibility index (Phi) is 3.34. The second kappa shape index (κ2) is 4.94. The number of hydrogen-bond donors (Lipinski definition) is 1. The number of aromatic nitrogens is 1. The van der Waals surface area contributed by atoms with E-state index in [1.165, 1.54) is 36.8 Å². The number of nitrogens with one attached hydrogen (secondary N) is 1. The normalized spacial score (nSPS) is 17.5. The van der Waals surface area contributed by atoms with Crippen molar-refractivity contribution in [2.75, 3.05) is 5.32 Å². The fourth-order valence-electron chi connectivity index (χ4n) is 2.38. The van der Waals surface area contributed by atoms with E-state index >= 15 is 0 Å². The Hall–Kier alpha value is -0.610. The van der Waals surface area contributed by atoms with Crippen LogP contribution in [0.1, 0.15) is 32.1 Å². The molecule has 1 aliphatic carbocycles. The van der Waals surface area contributed by atoms with Gasteiger partial charge in [-0.3, -0.25) is 0 Å². The monoisotopic (exact) mass is 310 g/mol. The molecule has 1 fully saturated rings. The summed E-state index contributed by atoms with van der Waals surface area (Å²) in [5, 5.41) is 4.66. The minimum atomic E-state index is 0.632. The first kappa shape index (κ1) is 11.5. The number of anilines is 1. The molecule has 1 aliphatic rings. The van der Waals surface area contributed by atoms with Crippen LogP contribution in [0, 0.1) is 0 Å². The fourth-order valence-corrected chi connectivity index (χ4v) is 3.88. The van der Waals surface area contributed by atoms with Gasteiger partial charge >= 0.3 is 0 Å².